The van der Waals surface area contributed by atoms with Gasteiger partial charge < -0.3 is 11.5 Å². The first kappa shape index (κ1) is 13.2. The van der Waals surface area contributed by atoms with Crippen LogP contribution in [0.15, 0.2) is 58.5 Å². The number of rotatable bonds is 4. The van der Waals surface area contributed by atoms with Gasteiger partial charge in [0.1, 0.15) is 6.01 Å². The van der Waals surface area contributed by atoms with E-state index >= 15 is 0 Å². The molecule has 0 aliphatic carbocycles. The fourth-order valence-electron chi connectivity index (χ4n) is 1.72. The summed E-state index contributed by atoms with van der Waals surface area (Å²) in [5.74, 6) is 0. The second-order valence-electron chi connectivity index (χ2n) is 3.99. The van der Waals surface area contributed by atoms with Gasteiger partial charge in [-0.15, -0.1) is 0 Å². The highest BCUT2D eigenvalue weighted by atomic mass is 14.8. The Kier molecular flexibility index (Phi) is 4.59. The van der Waals surface area contributed by atoms with Gasteiger partial charge in [-0.25, -0.2) is 0 Å². The van der Waals surface area contributed by atoms with Crippen LogP contribution in [0.4, 0.5) is 11.4 Å². The molecule has 0 atom stereocenters. The third-order valence-electron chi connectivity index (χ3n) is 2.76. The SMILES string of the molecule is NCc1ccccc1N=C=Nc1ccccc1CN. The molecule has 4 nitrogen and oxygen atoms in total. The molecule has 0 bridgehead atoms. The van der Waals surface area contributed by atoms with Crippen molar-refractivity contribution in [1.29, 1.82) is 0 Å². The number of nitrogens with zero attached hydrogens (tertiary/aromatic N) is 2. The predicted octanol–water partition coefficient (Wildman–Crippen LogP) is 2.74. The van der Waals surface area contributed by atoms with E-state index < -0.39 is 0 Å². The fourth-order valence-corrected chi connectivity index (χ4v) is 1.72. The molecule has 0 aromatic heterocycles. The molecule has 96 valence electrons. The Morgan fingerprint density at radius 3 is 1.58 bits per heavy atom. The van der Waals surface area contributed by atoms with E-state index in [1.165, 1.54) is 0 Å². The van der Waals surface area contributed by atoms with Gasteiger partial charge in [-0.3, -0.25) is 0 Å². The molecule has 0 fully saturated rings. The Balaban J connectivity index is 2.29. The highest BCUT2D eigenvalue weighted by molar-refractivity contribution is 5.61. The minimum absolute atomic E-state index is 0.445. The first-order chi connectivity index (χ1) is 9.35. The quantitative estimate of drug-likeness (QED) is 0.821. The normalized spacial score (nSPS) is 9.79. The zero-order valence-electron chi connectivity index (χ0n) is 10.6. The number of nitrogens with two attached hydrogens (primary N) is 2. The van der Waals surface area contributed by atoms with Crippen LogP contribution >= 0.6 is 0 Å². The van der Waals surface area contributed by atoms with Crippen molar-refractivity contribution in [2.45, 2.75) is 13.1 Å². The van der Waals surface area contributed by atoms with Crippen LogP contribution in [-0.4, -0.2) is 6.01 Å². The Morgan fingerprint density at radius 1 is 0.737 bits per heavy atom. The van der Waals surface area contributed by atoms with E-state index in [2.05, 4.69) is 16.0 Å². The van der Waals surface area contributed by atoms with Crippen molar-refractivity contribution in [3.05, 3.63) is 59.7 Å². The summed E-state index contributed by atoms with van der Waals surface area (Å²) in [5.41, 5.74) is 14.8. The maximum Gasteiger partial charge on any atom is 0.100 e. The summed E-state index contributed by atoms with van der Waals surface area (Å²) >= 11 is 0. The molecule has 19 heavy (non-hydrogen) atoms. The van der Waals surface area contributed by atoms with Crippen molar-refractivity contribution in [1.82, 2.24) is 0 Å². The Bertz CT molecular complexity index is 562. The summed E-state index contributed by atoms with van der Waals surface area (Å²) in [5, 5.41) is 0. The largest absolute Gasteiger partial charge is 0.326 e. The summed E-state index contributed by atoms with van der Waals surface area (Å²) < 4.78 is 0. The van der Waals surface area contributed by atoms with Crippen LogP contribution in [0.1, 0.15) is 11.1 Å². The van der Waals surface area contributed by atoms with E-state index in [1.807, 2.05) is 48.5 Å². The molecule has 0 spiro atoms. The molecule has 0 heterocycles. The van der Waals surface area contributed by atoms with Crippen LogP contribution in [-0.2, 0) is 13.1 Å². The monoisotopic (exact) mass is 252 g/mol. The third-order valence-corrected chi connectivity index (χ3v) is 2.76. The maximum atomic E-state index is 5.64. The van der Waals surface area contributed by atoms with Gasteiger partial charge in [-0.2, -0.15) is 9.98 Å². The fraction of sp³-hybridized carbons (Fsp3) is 0.133. The number of para-hydroxylation sites is 2. The summed E-state index contributed by atoms with van der Waals surface area (Å²) in [6, 6.07) is 18.0. The number of aliphatic imine (C=N–C) groups is 2. The molecule has 0 radical (unpaired) electrons. The molecule has 0 saturated carbocycles. The first-order valence-electron chi connectivity index (χ1n) is 6.07. The van der Waals surface area contributed by atoms with E-state index in [1.54, 1.807) is 0 Å². The Hall–Kier alpha value is -2.26. The van der Waals surface area contributed by atoms with Crippen molar-refractivity contribution in [3.63, 3.8) is 0 Å². The molecule has 4 heteroatoms. The molecule has 4 N–H and O–H groups in total. The first-order valence-corrected chi connectivity index (χ1v) is 6.07. The Morgan fingerprint density at radius 2 is 1.16 bits per heavy atom. The topological polar surface area (TPSA) is 76.8 Å². The van der Waals surface area contributed by atoms with Gasteiger partial charge in [0.2, 0.25) is 0 Å². The van der Waals surface area contributed by atoms with Gasteiger partial charge in [0.15, 0.2) is 0 Å². The molecule has 0 amide bonds. The predicted molar refractivity (Wildman–Crippen MR) is 77.8 cm³/mol. The van der Waals surface area contributed by atoms with Crippen molar-refractivity contribution in [2.75, 3.05) is 0 Å². The molecule has 0 unspecified atom stereocenters. The number of hydrogen-bond donors (Lipinski definition) is 2. The van der Waals surface area contributed by atoms with E-state index in [0.717, 1.165) is 22.5 Å². The second-order valence-corrected chi connectivity index (χ2v) is 3.99. The van der Waals surface area contributed by atoms with Gasteiger partial charge in [0.25, 0.3) is 0 Å². The molecule has 0 aliphatic rings. The van der Waals surface area contributed by atoms with E-state index in [0.29, 0.717) is 13.1 Å². The molecule has 2 aromatic carbocycles. The molecule has 0 saturated heterocycles. The molecular formula is C15H16N4. The summed E-state index contributed by atoms with van der Waals surface area (Å²) in [4.78, 5) is 8.42. The van der Waals surface area contributed by atoms with Crippen LogP contribution in [0.3, 0.4) is 0 Å². The van der Waals surface area contributed by atoms with Crippen LogP contribution in [0.5, 0.6) is 0 Å². The average molecular weight is 252 g/mol. The van der Waals surface area contributed by atoms with Crippen LogP contribution in [0.25, 0.3) is 0 Å². The summed E-state index contributed by atoms with van der Waals surface area (Å²) in [6.45, 7) is 0.890. The number of benzene rings is 2. The third kappa shape index (κ3) is 3.36. The zero-order valence-corrected chi connectivity index (χ0v) is 10.6. The van der Waals surface area contributed by atoms with Crippen molar-refractivity contribution in [3.8, 4) is 0 Å². The van der Waals surface area contributed by atoms with Crippen LogP contribution in [0.2, 0.25) is 0 Å². The molecular weight excluding hydrogens is 236 g/mol. The van der Waals surface area contributed by atoms with Crippen LogP contribution in [0, 0.1) is 0 Å². The summed E-state index contributed by atoms with van der Waals surface area (Å²) in [6.07, 6.45) is 0. The number of hydrogen-bond acceptors (Lipinski definition) is 4. The van der Waals surface area contributed by atoms with Crippen molar-refractivity contribution >= 4 is 17.4 Å². The zero-order chi connectivity index (χ0) is 13.5. The highest BCUT2D eigenvalue weighted by Gasteiger charge is 1.97. The lowest BCUT2D eigenvalue weighted by Gasteiger charge is -2.00. The minimum atomic E-state index is 0.445. The standard InChI is InChI=1S/C15H16N4/c16-9-12-5-1-3-7-14(12)18-11-19-15-8-4-2-6-13(15)10-17/h1-8H,9-10,16-17H2. The Labute approximate surface area is 112 Å². The highest BCUT2D eigenvalue weighted by Crippen LogP contribution is 2.19. The van der Waals surface area contributed by atoms with Gasteiger partial charge in [-0.05, 0) is 23.3 Å². The van der Waals surface area contributed by atoms with Crippen LogP contribution < -0.4 is 11.5 Å². The van der Waals surface area contributed by atoms with Gasteiger partial charge in [0.05, 0.1) is 11.4 Å². The van der Waals surface area contributed by atoms with Gasteiger partial charge >= 0.3 is 0 Å². The lowest BCUT2D eigenvalue weighted by atomic mass is 10.2. The summed E-state index contributed by atoms with van der Waals surface area (Å²) in [7, 11) is 0. The minimum Gasteiger partial charge on any atom is -0.326 e. The van der Waals surface area contributed by atoms with Crippen molar-refractivity contribution in [2.24, 2.45) is 21.5 Å². The van der Waals surface area contributed by atoms with Gasteiger partial charge in [-0.1, -0.05) is 36.4 Å². The lowest BCUT2D eigenvalue weighted by molar-refractivity contribution is 1.07. The molecule has 2 aromatic rings. The van der Waals surface area contributed by atoms with E-state index in [9.17, 15) is 0 Å². The maximum absolute atomic E-state index is 5.64. The second kappa shape index (κ2) is 6.61. The smallest absolute Gasteiger partial charge is 0.100 e. The van der Waals surface area contributed by atoms with Crippen molar-refractivity contribution < 1.29 is 0 Å². The molecule has 0 aliphatic heterocycles. The average Bonchev–Trinajstić information content (AvgIpc) is 2.48. The molecule has 2 rings (SSSR count). The van der Waals surface area contributed by atoms with Gasteiger partial charge in [0, 0.05) is 13.1 Å². The van der Waals surface area contributed by atoms with E-state index in [4.69, 9.17) is 11.5 Å². The van der Waals surface area contributed by atoms with E-state index in [-0.39, 0.29) is 0 Å². The lowest BCUT2D eigenvalue weighted by Crippen LogP contribution is -1.96.